The number of nitrogens with one attached hydrogen (secondary N) is 3. The van der Waals surface area contributed by atoms with E-state index >= 15 is 0 Å². The number of carbonyl (C=O) groups excluding carboxylic acids is 2. The molecule has 5 nitrogen and oxygen atoms in total. The van der Waals surface area contributed by atoms with Crippen molar-refractivity contribution in [2.45, 2.75) is 39.3 Å². The molecule has 1 unspecified atom stereocenters. The van der Waals surface area contributed by atoms with Crippen LogP contribution in [0.25, 0.3) is 0 Å². The normalized spacial score (nSPS) is 12.2. The zero-order valence-electron chi connectivity index (χ0n) is 15.8. The second kappa shape index (κ2) is 8.52. The first-order valence-electron chi connectivity index (χ1n) is 8.75. The highest BCUT2D eigenvalue weighted by Gasteiger charge is 2.14. The number of benzene rings is 2. The van der Waals surface area contributed by atoms with Gasteiger partial charge in [0.2, 0.25) is 5.91 Å². The van der Waals surface area contributed by atoms with Crippen LogP contribution in [0, 0.1) is 0 Å². The SMILES string of the molecule is CC(NC(=O)c1cccc(NCC(=O)NC(C)(C)C)c1)c1ccccc1. The molecular weight excluding hydrogens is 326 g/mol. The summed E-state index contributed by atoms with van der Waals surface area (Å²) in [5.74, 6) is -0.241. The Bertz CT molecular complexity index is 751. The lowest BCUT2D eigenvalue weighted by Crippen LogP contribution is -2.43. The minimum absolute atomic E-state index is 0.0853. The van der Waals surface area contributed by atoms with Crippen LogP contribution in [-0.4, -0.2) is 23.9 Å². The molecule has 0 saturated heterocycles. The van der Waals surface area contributed by atoms with E-state index in [1.807, 2.05) is 64.1 Å². The van der Waals surface area contributed by atoms with E-state index in [9.17, 15) is 9.59 Å². The van der Waals surface area contributed by atoms with Crippen LogP contribution < -0.4 is 16.0 Å². The van der Waals surface area contributed by atoms with Gasteiger partial charge in [-0.3, -0.25) is 9.59 Å². The third-order valence-corrected chi connectivity index (χ3v) is 3.74. The molecule has 2 aromatic rings. The highest BCUT2D eigenvalue weighted by atomic mass is 16.2. The molecule has 0 heterocycles. The molecule has 0 aromatic heterocycles. The van der Waals surface area contributed by atoms with Gasteiger partial charge in [0.05, 0.1) is 12.6 Å². The molecule has 5 heteroatoms. The standard InChI is InChI=1S/C21H27N3O2/c1-15(16-9-6-5-7-10-16)23-20(26)17-11-8-12-18(13-17)22-14-19(25)24-21(2,3)4/h5-13,15,22H,14H2,1-4H3,(H,23,26)(H,24,25). The fourth-order valence-electron chi connectivity index (χ4n) is 2.52. The van der Waals surface area contributed by atoms with Crippen LogP contribution in [-0.2, 0) is 4.79 Å². The Morgan fingerprint density at radius 1 is 1.00 bits per heavy atom. The molecule has 3 N–H and O–H groups in total. The zero-order chi connectivity index (χ0) is 19.2. The molecule has 0 aliphatic carbocycles. The summed E-state index contributed by atoms with van der Waals surface area (Å²) in [6.45, 7) is 7.91. The maximum atomic E-state index is 12.5. The predicted octanol–water partition coefficient (Wildman–Crippen LogP) is 3.50. The third-order valence-electron chi connectivity index (χ3n) is 3.74. The summed E-state index contributed by atoms with van der Waals surface area (Å²) in [5.41, 5.74) is 2.06. The molecule has 0 aliphatic heterocycles. The van der Waals surface area contributed by atoms with Crippen molar-refractivity contribution >= 4 is 17.5 Å². The summed E-state index contributed by atoms with van der Waals surface area (Å²) in [7, 11) is 0. The Balaban J connectivity index is 1.95. The first-order chi connectivity index (χ1) is 12.2. The summed E-state index contributed by atoms with van der Waals surface area (Å²) in [4.78, 5) is 24.4. The maximum Gasteiger partial charge on any atom is 0.251 e. The van der Waals surface area contributed by atoms with E-state index < -0.39 is 0 Å². The molecule has 1 atom stereocenters. The van der Waals surface area contributed by atoms with Crippen molar-refractivity contribution in [3.8, 4) is 0 Å². The van der Waals surface area contributed by atoms with Gasteiger partial charge in [-0.05, 0) is 51.5 Å². The van der Waals surface area contributed by atoms with Crippen LogP contribution in [0.1, 0.15) is 49.7 Å². The molecule has 0 bridgehead atoms. The van der Waals surface area contributed by atoms with Gasteiger partial charge >= 0.3 is 0 Å². The molecule has 26 heavy (non-hydrogen) atoms. The Labute approximate surface area is 155 Å². The lowest BCUT2D eigenvalue weighted by atomic mass is 10.1. The van der Waals surface area contributed by atoms with Crippen LogP contribution >= 0.6 is 0 Å². The summed E-state index contributed by atoms with van der Waals surface area (Å²) < 4.78 is 0. The van der Waals surface area contributed by atoms with Gasteiger partial charge in [-0.15, -0.1) is 0 Å². The predicted molar refractivity (Wildman–Crippen MR) is 105 cm³/mol. The van der Waals surface area contributed by atoms with Crippen molar-refractivity contribution in [1.82, 2.24) is 10.6 Å². The fourth-order valence-corrected chi connectivity index (χ4v) is 2.52. The first-order valence-corrected chi connectivity index (χ1v) is 8.75. The number of anilines is 1. The molecule has 0 spiro atoms. The molecular formula is C21H27N3O2. The maximum absolute atomic E-state index is 12.5. The molecule has 2 aromatic carbocycles. The summed E-state index contributed by atoms with van der Waals surface area (Å²) in [6, 6.07) is 16.9. The Kier molecular flexibility index (Phi) is 6.39. The molecule has 0 saturated carbocycles. The van der Waals surface area contributed by atoms with Crippen LogP contribution in [0.5, 0.6) is 0 Å². The molecule has 2 amide bonds. The topological polar surface area (TPSA) is 70.2 Å². The van der Waals surface area contributed by atoms with Gasteiger partial charge in [0.1, 0.15) is 0 Å². The average Bonchev–Trinajstić information content (AvgIpc) is 2.59. The monoisotopic (exact) mass is 353 g/mol. The third kappa shape index (κ3) is 6.24. The molecule has 138 valence electrons. The largest absolute Gasteiger partial charge is 0.376 e. The van der Waals surface area contributed by atoms with Crippen molar-refractivity contribution in [3.05, 3.63) is 65.7 Å². The molecule has 2 rings (SSSR count). The minimum Gasteiger partial charge on any atom is -0.376 e. The van der Waals surface area contributed by atoms with Gasteiger partial charge in [0, 0.05) is 16.8 Å². The van der Waals surface area contributed by atoms with E-state index in [4.69, 9.17) is 0 Å². The minimum atomic E-state index is -0.270. The van der Waals surface area contributed by atoms with Gasteiger partial charge in [-0.2, -0.15) is 0 Å². The van der Waals surface area contributed by atoms with E-state index in [-0.39, 0.29) is 29.9 Å². The number of rotatable bonds is 6. The van der Waals surface area contributed by atoms with E-state index in [1.165, 1.54) is 0 Å². The van der Waals surface area contributed by atoms with E-state index in [0.717, 1.165) is 11.3 Å². The summed E-state index contributed by atoms with van der Waals surface area (Å²) in [5, 5.41) is 8.94. The summed E-state index contributed by atoms with van der Waals surface area (Å²) >= 11 is 0. The highest BCUT2D eigenvalue weighted by Crippen LogP contribution is 2.14. The number of amides is 2. The average molecular weight is 353 g/mol. The van der Waals surface area contributed by atoms with Gasteiger partial charge in [0.15, 0.2) is 0 Å². The van der Waals surface area contributed by atoms with Crippen molar-refractivity contribution in [3.63, 3.8) is 0 Å². The van der Waals surface area contributed by atoms with E-state index in [2.05, 4.69) is 16.0 Å². The Morgan fingerprint density at radius 2 is 1.69 bits per heavy atom. The fraction of sp³-hybridized carbons (Fsp3) is 0.333. The van der Waals surface area contributed by atoms with Crippen LogP contribution in [0.2, 0.25) is 0 Å². The molecule has 0 aliphatic rings. The smallest absolute Gasteiger partial charge is 0.251 e. The second-order valence-corrected chi connectivity index (χ2v) is 7.34. The number of hydrogen-bond acceptors (Lipinski definition) is 3. The van der Waals surface area contributed by atoms with Gasteiger partial charge in [-0.25, -0.2) is 0 Å². The number of hydrogen-bond donors (Lipinski definition) is 3. The van der Waals surface area contributed by atoms with Crippen molar-refractivity contribution in [2.75, 3.05) is 11.9 Å². The lowest BCUT2D eigenvalue weighted by molar-refractivity contribution is -0.120. The quantitative estimate of drug-likeness (QED) is 0.744. The van der Waals surface area contributed by atoms with Gasteiger partial charge in [0.25, 0.3) is 5.91 Å². The van der Waals surface area contributed by atoms with Crippen molar-refractivity contribution in [1.29, 1.82) is 0 Å². The highest BCUT2D eigenvalue weighted by molar-refractivity contribution is 5.95. The zero-order valence-corrected chi connectivity index (χ0v) is 15.8. The Hall–Kier alpha value is -2.82. The van der Waals surface area contributed by atoms with Crippen LogP contribution in [0.3, 0.4) is 0 Å². The van der Waals surface area contributed by atoms with Crippen LogP contribution in [0.4, 0.5) is 5.69 Å². The second-order valence-electron chi connectivity index (χ2n) is 7.34. The van der Waals surface area contributed by atoms with Crippen molar-refractivity contribution in [2.24, 2.45) is 0 Å². The van der Waals surface area contributed by atoms with Gasteiger partial charge in [-0.1, -0.05) is 36.4 Å². The lowest BCUT2D eigenvalue weighted by Gasteiger charge is -2.20. The first kappa shape index (κ1) is 19.5. The Morgan fingerprint density at radius 3 is 2.35 bits per heavy atom. The van der Waals surface area contributed by atoms with Crippen LogP contribution in [0.15, 0.2) is 54.6 Å². The van der Waals surface area contributed by atoms with E-state index in [0.29, 0.717) is 5.56 Å². The molecule has 0 fully saturated rings. The van der Waals surface area contributed by atoms with Crippen molar-refractivity contribution < 1.29 is 9.59 Å². The summed E-state index contributed by atoms with van der Waals surface area (Å²) in [6.07, 6.45) is 0. The molecule has 0 radical (unpaired) electrons. The number of carbonyl (C=O) groups is 2. The van der Waals surface area contributed by atoms with Gasteiger partial charge < -0.3 is 16.0 Å². The van der Waals surface area contributed by atoms with E-state index in [1.54, 1.807) is 18.2 Å².